The van der Waals surface area contributed by atoms with Crippen LogP contribution in [-0.2, 0) is 0 Å². The van der Waals surface area contributed by atoms with Gasteiger partial charge in [0, 0.05) is 11.1 Å². The second-order valence-corrected chi connectivity index (χ2v) is 6.06. The Kier molecular flexibility index (Phi) is 5.04. The van der Waals surface area contributed by atoms with Gasteiger partial charge in [-0.05, 0) is 59.3 Å². The fraction of sp³-hybridized carbons (Fsp3) is 0.0400. The summed E-state index contributed by atoms with van der Waals surface area (Å²) in [5.74, 6) is 7.84. The maximum Gasteiger partial charge on any atom is 0.230 e. The van der Waals surface area contributed by atoms with Crippen LogP contribution in [0.15, 0.2) is 97.1 Å². The zero-order valence-corrected chi connectivity index (χ0v) is 14.8. The van der Waals surface area contributed by atoms with Crippen molar-refractivity contribution >= 4 is 10.8 Å². The summed E-state index contributed by atoms with van der Waals surface area (Å²) in [4.78, 5) is 0. The Hall–Kier alpha value is -3.70. The molecule has 0 bridgehead atoms. The predicted octanol–water partition coefficient (Wildman–Crippen LogP) is 5.65. The number of hydrogen-bond donors (Lipinski definition) is 0. The van der Waals surface area contributed by atoms with E-state index in [1.165, 1.54) is 5.39 Å². The van der Waals surface area contributed by atoms with E-state index in [4.69, 9.17) is 9.47 Å². The Bertz CT molecular complexity index is 1090. The topological polar surface area (TPSA) is 18.5 Å². The van der Waals surface area contributed by atoms with E-state index in [0.29, 0.717) is 0 Å². The lowest BCUT2D eigenvalue weighted by atomic mass is 10.1. The van der Waals surface area contributed by atoms with Crippen LogP contribution in [0.3, 0.4) is 0 Å². The fourth-order valence-electron chi connectivity index (χ4n) is 2.72. The first-order chi connectivity index (χ1) is 13.4. The standard InChI is InChI=1S/C25H18O2/c1-2-6-20(7-3-1)10-11-21-12-15-24(16-13-21)26-19-27-25-17-14-22-8-4-5-9-23(22)18-25/h1-9,12-18H,19H2. The highest BCUT2D eigenvalue weighted by atomic mass is 16.7. The Morgan fingerprint density at radius 1 is 0.519 bits per heavy atom. The van der Waals surface area contributed by atoms with E-state index in [2.05, 4.69) is 24.0 Å². The van der Waals surface area contributed by atoms with Crippen LogP contribution in [0.25, 0.3) is 10.8 Å². The number of ether oxygens (including phenoxy) is 2. The molecule has 4 rings (SSSR count). The summed E-state index contributed by atoms with van der Waals surface area (Å²) >= 11 is 0. The van der Waals surface area contributed by atoms with E-state index in [9.17, 15) is 0 Å². The Morgan fingerprint density at radius 3 is 1.89 bits per heavy atom. The summed E-state index contributed by atoms with van der Waals surface area (Å²) in [6, 6.07) is 31.8. The molecule has 130 valence electrons. The molecule has 0 aromatic heterocycles. The maximum atomic E-state index is 5.70. The molecule has 0 radical (unpaired) electrons. The maximum absolute atomic E-state index is 5.70. The van der Waals surface area contributed by atoms with E-state index >= 15 is 0 Å². The second kappa shape index (κ2) is 8.12. The SMILES string of the molecule is C(#Cc1ccc(OCOc2ccc3ccccc3c2)cc1)c1ccccc1. The molecule has 0 fully saturated rings. The molecule has 0 heterocycles. The van der Waals surface area contributed by atoms with Crippen LogP contribution in [0.1, 0.15) is 11.1 Å². The molecule has 0 amide bonds. The molecular formula is C25H18O2. The van der Waals surface area contributed by atoms with Gasteiger partial charge in [0.05, 0.1) is 0 Å². The van der Waals surface area contributed by atoms with Crippen LogP contribution < -0.4 is 9.47 Å². The largest absolute Gasteiger partial charge is 0.458 e. The lowest BCUT2D eigenvalue weighted by Crippen LogP contribution is -2.05. The molecule has 0 saturated heterocycles. The number of rotatable bonds is 4. The van der Waals surface area contributed by atoms with Gasteiger partial charge in [-0.25, -0.2) is 0 Å². The smallest absolute Gasteiger partial charge is 0.230 e. The molecule has 2 nitrogen and oxygen atoms in total. The highest BCUT2D eigenvalue weighted by molar-refractivity contribution is 5.83. The average Bonchev–Trinajstić information content (AvgIpc) is 2.74. The van der Waals surface area contributed by atoms with E-state index in [-0.39, 0.29) is 6.79 Å². The monoisotopic (exact) mass is 350 g/mol. The summed E-state index contributed by atoms with van der Waals surface area (Å²) in [6.45, 7) is 0.160. The van der Waals surface area contributed by atoms with E-state index in [1.807, 2.05) is 84.9 Å². The van der Waals surface area contributed by atoms with Crippen LogP contribution in [0.5, 0.6) is 11.5 Å². The third kappa shape index (κ3) is 4.48. The van der Waals surface area contributed by atoms with Crippen molar-refractivity contribution in [2.24, 2.45) is 0 Å². The van der Waals surface area contributed by atoms with Gasteiger partial charge in [-0.3, -0.25) is 0 Å². The third-order valence-electron chi connectivity index (χ3n) is 4.15. The number of hydrogen-bond acceptors (Lipinski definition) is 2. The van der Waals surface area contributed by atoms with Crippen molar-refractivity contribution in [3.8, 4) is 23.3 Å². The Balaban J connectivity index is 1.34. The van der Waals surface area contributed by atoms with Crippen molar-refractivity contribution in [2.45, 2.75) is 0 Å². The Morgan fingerprint density at radius 2 is 1.11 bits per heavy atom. The minimum absolute atomic E-state index is 0.160. The van der Waals surface area contributed by atoms with Gasteiger partial charge < -0.3 is 9.47 Å². The quantitative estimate of drug-likeness (QED) is 0.349. The molecule has 2 heteroatoms. The molecule has 0 aliphatic heterocycles. The van der Waals surface area contributed by atoms with Crippen LogP contribution >= 0.6 is 0 Å². The molecule has 0 unspecified atom stereocenters. The van der Waals surface area contributed by atoms with E-state index in [0.717, 1.165) is 28.0 Å². The van der Waals surface area contributed by atoms with E-state index < -0.39 is 0 Å². The van der Waals surface area contributed by atoms with Gasteiger partial charge in [-0.15, -0.1) is 0 Å². The van der Waals surface area contributed by atoms with Crippen molar-refractivity contribution in [1.82, 2.24) is 0 Å². The van der Waals surface area contributed by atoms with Crippen molar-refractivity contribution in [2.75, 3.05) is 6.79 Å². The highest BCUT2D eigenvalue weighted by Gasteiger charge is 1.98. The highest BCUT2D eigenvalue weighted by Crippen LogP contribution is 2.21. The molecule has 27 heavy (non-hydrogen) atoms. The van der Waals surface area contributed by atoms with Gasteiger partial charge >= 0.3 is 0 Å². The molecular weight excluding hydrogens is 332 g/mol. The Labute approximate surface area is 159 Å². The zero-order chi connectivity index (χ0) is 18.3. The molecule has 0 atom stereocenters. The van der Waals surface area contributed by atoms with Crippen LogP contribution in [-0.4, -0.2) is 6.79 Å². The van der Waals surface area contributed by atoms with Crippen molar-refractivity contribution in [3.63, 3.8) is 0 Å². The summed E-state index contributed by atoms with van der Waals surface area (Å²) in [7, 11) is 0. The van der Waals surface area contributed by atoms with Gasteiger partial charge in [0.15, 0.2) is 0 Å². The molecule has 4 aromatic carbocycles. The minimum Gasteiger partial charge on any atom is -0.458 e. The van der Waals surface area contributed by atoms with E-state index in [1.54, 1.807) is 0 Å². The molecule has 0 spiro atoms. The first kappa shape index (κ1) is 16.8. The fourth-order valence-corrected chi connectivity index (χ4v) is 2.72. The number of benzene rings is 4. The van der Waals surface area contributed by atoms with Crippen molar-refractivity contribution in [1.29, 1.82) is 0 Å². The average molecular weight is 350 g/mol. The minimum atomic E-state index is 0.160. The van der Waals surface area contributed by atoms with Gasteiger partial charge in [0.2, 0.25) is 6.79 Å². The second-order valence-electron chi connectivity index (χ2n) is 6.06. The van der Waals surface area contributed by atoms with Gasteiger partial charge in [-0.2, -0.15) is 0 Å². The molecule has 0 aliphatic rings. The lowest BCUT2D eigenvalue weighted by Gasteiger charge is -2.09. The molecule has 4 aromatic rings. The first-order valence-corrected chi connectivity index (χ1v) is 8.78. The summed E-state index contributed by atoms with van der Waals surface area (Å²) < 4.78 is 11.4. The third-order valence-corrected chi connectivity index (χ3v) is 4.15. The molecule has 0 saturated carbocycles. The molecule has 0 N–H and O–H groups in total. The van der Waals surface area contributed by atoms with Gasteiger partial charge in [0.1, 0.15) is 11.5 Å². The van der Waals surface area contributed by atoms with Crippen molar-refractivity contribution < 1.29 is 9.47 Å². The predicted molar refractivity (Wildman–Crippen MR) is 109 cm³/mol. The number of fused-ring (bicyclic) bond motifs is 1. The van der Waals surface area contributed by atoms with Gasteiger partial charge in [0.25, 0.3) is 0 Å². The van der Waals surface area contributed by atoms with Gasteiger partial charge in [-0.1, -0.05) is 60.4 Å². The normalized spacial score (nSPS) is 10.1. The zero-order valence-electron chi connectivity index (χ0n) is 14.8. The summed E-state index contributed by atoms with van der Waals surface area (Å²) in [6.07, 6.45) is 0. The summed E-state index contributed by atoms with van der Waals surface area (Å²) in [5.41, 5.74) is 1.95. The molecule has 0 aliphatic carbocycles. The first-order valence-electron chi connectivity index (χ1n) is 8.78. The van der Waals surface area contributed by atoms with Crippen LogP contribution in [0.2, 0.25) is 0 Å². The van der Waals surface area contributed by atoms with Crippen molar-refractivity contribution in [3.05, 3.63) is 108 Å². The lowest BCUT2D eigenvalue weighted by molar-refractivity contribution is 0.120. The van der Waals surface area contributed by atoms with Crippen LogP contribution in [0.4, 0.5) is 0 Å². The summed E-state index contributed by atoms with van der Waals surface area (Å²) in [5, 5.41) is 2.34. The van der Waals surface area contributed by atoms with Crippen LogP contribution in [0, 0.1) is 11.8 Å².